The van der Waals surface area contributed by atoms with Crippen LogP contribution < -0.4 is 5.73 Å². The fraction of sp³-hybridized carbons (Fsp3) is 0.250. The monoisotopic (exact) mass is 236 g/mol. The maximum atomic E-state index is 6.05. The Hall–Kier alpha value is -1.32. The number of benzene rings is 1. The molecule has 0 bridgehead atoms. The lowest BCUT2D eigenvalue weighted by Gasteiger charge is -2.03. The average Bonchev–Trinajstić information content (AvgIpc) is 2.71. The first-order valence-corrected chi connectivity index (χ1v) is 5.44. The Morgan fingerprint density at radius 2 is 2.19 bits per heavy atom. The zero-order chi connectivity index (χ0) is 11.7. The van der Waals surface area contributed by atoms with E-state index in [0.29, 0.717) is 11.7 Å². The van der Waals surface area contributed by atoms with Gasteiger partial charge in [-0.2, -0.15) is 0 Å². The van der Waals surface area contributed by atoms with Gasteiger partial charge in [0.15, 0.2) is 5.76 Å². The van der Waals surface area contributed by atoms with Gasteiger partial charge in [0.05, 0.1) is 12.2 Å². The molecule has 1 aromatic heterocycles. The van der Waals surface area contributed by atoms with Crippen molar-refractivity contribution in [3.63, 3.8) is 0 Å². The van der Waals surface area contributed by atoms with E-state index in [0.717, 1.165) is 16.1 Å². The smallest absolute Gasteiger partial charge is 0.211 e. The number of oxazole rings is 1. The van der Waals surface area contributed by atoms with Gasteiger partial charge < -0.3 is 10.2 Å². The summed E-state index contributed by atoms with van der Waals surface area (Å²) < 4.78 is 5.57. The van der Waals surface area contributed by atoms with Crippen molar-refractivity contribution in [2.45, 2.75) is 19.9 Å². The molecule has 2 N–H and O–H groups in total. The van der Waals surface area contributed by atoms with Gasteiger partial charge in [0.2, 0.25) is 5.89 Å². The Labute approximate surface area is 99.2 Å². The topological polar surface area (TPSA) is 52.0 Å². The molecule has 0 saturated heterocycles. The van der Waals surface area contributed by atoms with Gasteiger partial charge in [0.25, 0.3) is 0 Å². The van der Waals surface area contributed by atoms with Crippen LogP contribution in [0.15, 0.2) is 28.8 Å². The second-order valence-corrected chi connectivity index (χ2v) is 4.17. The Balaban J connectivity index is 2.47. The van der Waals surface area contributed by atoms with Crippen molar-refractivity contribution in [2.24, 2.45) is 5.73 Å². The highest BCUT2D eigenvalue weighted by Crippen LogP contribution is 2.29. The van der Waals surface area contributed by atoms with Crippen molar-refractivity contribution >= 4 is 11.6 Å². The van der Waals surface area contributed by atoms with Crippen LogP contribution in [0.1, 0.15) is 24.4 Å². The molecule has 0 aliphatic rings. The second kappa shape index (κ2) is 4.28. The van der Waals surface area contributed by atoms with Gasteiger partial charge in [-0.25, -0.2) is 4.98 Å². The number of aromatic nitrogens is 1. The predicted molar refractivity (Wildman–Crippen MR) is 64.3 cm³/mol. The van der Waals surface area contributed by atoms with Crippen LogP contribution in [0.2, 0.25) is 5.02 Å². The van der Waals surface area contributed by atoms with Crippen molar-refractivity contribution in [2.75, 3.05) is 0 Å². The summed E-state index contributed by atoms with van der Waals surface area (Å²) in [6, 6.07) is 5.49. The van der Waals surface area contributed by atoms with Crippen LogP contribution in [0.5, 0.6) is 0 Å². The Morgan fingerprint density at radius 1 is 1.44 bits per heavy atom. The highest BCUT2D eigenvalue weighted by Gasteiger charge is 2.12. The molecule has 0 aliphatic carbocycles. The number of rotatable bonds is 2. The fourth-order valence-electron chi connectivity index (χ4n) is 1.50. The van der Waals surface area contributed by atoms with Crippen LogP contribution in [-0.2, 0) is 0 Å². The second-order valence-electron chi connectivity index (χ2n) is 3.76. The number of nitrogens with two attached hydrogens (primary N) is 1. The van der Waals surface area contributed by atoms with E-state index in [2.05, 4.69) is 4.98 Å². The SMILES string of the molecule is Cc1c(Cl)cccc1-c1cnc(C(C)N)o1. The van der Waals surface area contributed by atoms with E-state index >= 15 is 0 Å². The molecule has 1 aromatic carbocycles. The molecule has 2 aromatic rings. The first-order valence-electron chi connectivity index (χ1n) is 5.06. The molecule has 3 nitrogen and oxygen atoms in total. The third-order valence-corrected chi connectivity index (χ3v) is 2.86. The minimum absolute atomic E-state index is 0.201. The summed E-state index contributed by atoms with van der Waals surface area (Å²) in [5.41, 5.74) is 7.62. The predicted octanol–water partition coefficient (Wildman–Crippen LogP) is 3.32. The summed E-state index contributed by atoms with van der Waals surface area (Å²) in [6.45, 7) is 3.78. The van der Waals surface area contributed by atoms with Crippen molar-refractivity contribution in [1.29, 1.82) is 0 Å². The first kappa shape index (κ1) is 11.2. The molecular formula is C12H13ClN2O. The maximum Gasteiger partial charge on any atom is 0.211 e. The summed E-state index contributed by atoms with van der Waals surface area (Å²) in [6.07, 6.45) is 1.68. The quantitative estimate of drug-likeness (QED) is 0.870. The van der Waals surface area contributed by atoms with Gasteiger partial charge in [-0.15, -0.1) is 0 Å². The van der Waals surface area contributed by atoms with Crippen LogP contribution in [0.3, 0.4) is 0 Å². The molecule has 2 rings (SSSR count). The van der Waals surface area contributed by atoms with Crippen molar-refractivity contribution in [3.8, 4) is 11.3 Å². The zero-order valence-corrected chi connectivity index (χ0v) is 9.95. The van der Waals surface area contributed by atoms with Gasteiger partial charge in [0.1, 0.15) is 0 Å². The van der Waals surface area contributed by atoms with Crippen molar-refractivity contribution in [3.05, 3.63) is 40.9 Å². The van der Waals surface area contributed by atoms with Crippen LogP contribution in [0, 0.1) is 6.92 Å². The third kappa shape index (κ3) is 1.96. The van der Waals surface area contributed by atoms with E-state index in [4.69, 9.17) is 21.8 Å². The van der Waals surface area contributed by atoms with Gasteiger partial charge >= 0.3 is 0 Å². The van der Waals surface area contributed by atoms with Crippen LogP contribution in [-0.4, -0.2) is 4.98 Å². The molecule has 0 amide bonds. The lowest BCUT2D eigenvalue weighted by Crippen LogP contribution is -2.04. The largest absolute Gasteiger partial charge is 0.439 e. The minimum Gasteiger partial charge on any atom is -0.439 e. The van der Waals surface area contributed by atoms with E-state index in [9.17, 15) is 0 Å². The summed E-state index contributed by atoms with van der Waals surface area (Å²) in [7, 11) is 0. The first-order chi connectivity index (χ1) is 7.59. The highest BCUT2D eigenvalue weighted by molar-refractivity contribution is 6.31. The summed E-state index contributed by atoms with van der Waals surface area (Å²) in [5, 5.41) is 0.719. The minimum atomic E-state index is -0.201. The van der Waals surface area contributed by atoms with Crippen molar-refractivity contribution < 1.29 is 4.42 Å². The van der Waals surface area contributed by atoms with E-state index in [-0.39, 0.29) is 6.04 Å². The molecule has 1 atom stereocenters. The molecule has 1 unspecified atom stereocenters. The molecule has 0 saturated carbocycles. The lowest BCUT2D eigenvalue weighted by molar-refractivity contribution is 0.473. The molecule has 1 heterocycles. The molecular weight excluding hydrogens is 224 g/mol. The van der Waals surface area contributed by atoms with Crippen LogP contribution in [0.4, 0.5) is 0 Å². The number of hydrogen-bond acceptors (Lipinski definition) is 3. The Bertz CT molecular complexity index is 505. The summed E-state index contributed by atoms with van der Waals surface area (Å²) >= 11 is 6.05. The van der Waals surface area contributed by atoms with Gasteiger partial charge in [-0.05, 0) is 25.5 Å². The van der Waals surface area contributed by atoms with E-state index in [1.54, 1.807) is 6.20 Å². The van der Waals surface area contributed by atoms with Crippen molar-refractivity contribution in [1.82, 2.24) is 4.98 Å². The van der Waals surface area contributed by atoms with Gasteiger partial charge in [-0.3, -0.25) is 0 Å². The zero-order valence-electron chi connectivity index (χ0n) is 9.20. The standard InChI is InChI=1S/C12H13ClN2O/c1-7-9(4-3-5-10(7)13)11-6-15-12(16-11)8(2)14/h3-6,8H,14H2,1-2H3. The van der Waals surface area contributed by atoms with Gasteiger partial charge in [-0.1, -0.05) is 23.7 Å². The molecule has 0 radical (unpaired) electrons. The molecule has 0 aliphatic heterocycles. The average molecular weight is 237 g/mol. The third-order valence-electron chi connectivity index (χ3n) is 2.45. The molecule has 4 heteroatoms. The summed E-state index contributed by atoms with van der Waals surface area (Å²) in [5.74, 6) is 1.24. The lowest BCUT2D eigenvalue weighted by atomic mass is 10.1. The van der Waals surface area contributed by atoms with E-state index < -0.39 is 0 Å². The molecule has 0 fully saturated rings. The number of nitrogens with zero attached hydrogens (tertiary/aromatic N) is 1. The summed E-state index contributed by atoms with van der Waals surface area (Å²) in [4.78, 5) is 4.13. The van der Waals surface area contributed by atoms with E-state index in [1.807, 2.05) is 32.0 Å². The normalized spacial score (nSPS) is 12.8. The fourth-order valence-corrected chi connectivity index (χ4v) is 1.67. The number of halogens is 1. The van der Waals surface area contributed by atoms with Crippen LogP contribution >= 0.6 is 11.6 Å². The molecule has 0 spiro atoms. The highest BCUT2D eigenvalue weighted by atomic mass is 35.5. The Kier molecular flexibility index (Phi) is 2.99. The molecule has 16 heavy (non-hydrogen) atoms. The molecule has 84 valence electrons. The van der Waals surface area contributed by atoms with E-state index in [1.165, 1.54) is 0 Å². The Morgan fingerprint density at radius 3 is 2.81 bits per heavy atom. The maximum absolute atomic E-state index is 6.05. The number of hydrogen-bond donors (Lipinski definition) is 1. The van der Waals surface area contributed by atoms with Gasteiger partial charge in [0, 0.05) is 10.6 Å². The van der Waals surface area contributed by atoms with Crippen LogP contribution in [0.25, 0.3) is 11.3 Å².